The lowest BCUT2D eigenvalue weighted by Crippen LogP contribution is -2.21. The highest BCUT2D eigenvalue weighted by atomic mass is 35.5. The van der Waals surface area contributed by atoms with E-state index in [1.54, 1.807) is 47.3 Å². The number of furan rings is 1. The molecule has 0 aliphatic heterocycles. The number of fused-ring (bicyclic) bond motifs is 1. The molecule has 5 aromatic rings. The van der Waals surface area contributed by atoms with Crippen molar-refractivity contribution in [3.05, 3.63) is 94.6 Å². The first-order chi connectivity index (χ1) is 13.7. The number of halogens is 1. The molecule has 0 amide bonds. The van der Waals surface area contributed by atoms with Crippen LogP contribution in [-0.2, 0) is 0 Å². The standard InChI is InChI=1S/C21H13ClN4O2/c22-14-6-4-9-16(12-14)25-20(18-10-5-11-28-18)24-19-17(21(25)27)13-23-26(19)15-7-2-1-3-8-15/h1-13H. The van der Waals surface area contributed by atoms with Gasteiger partial charge >= 0.3 is 0 Å². The van der Waals surface area contributed by atoms with Gasteiger partial charge in [-0.25, -0.2) is 9.67 Å². The van der Waals surface area contributed by atoms with Gasteiger partial charge in [0.25, 0.3) is 5.56 Å². The lowest BCUT2D eigenvalue weighted by atomic mass is 10.2. The van der Waals surface area contributed by atoms with E-state index < -0.39 is 0 Å². The van der Waals surface area contributed by atoms with E-state index in [1.165, 1.54) is 10.8 Å². The van der Waals surface area contributed by atoms with Gasteiger partial charge in [-0.3, -0.25) is 9.36 Å². The van der Waals surface area contributed by atoms with Crippen molar-refractivity contribution < 1.29 is 4.42 Å². The maximum Gasteiger partial charge on any atom is 0.269 e. The fourth-order valence-electron chi connectivity index (χ4n) is 3.15. The van der Waals surface area contributed by atoms with Crippen LogP contribution in [0, 0.1) is 0 Å². The molecule has 0 spiro atoms. The molecule has 0 unspecified atom stereocenters. The van der Waals surface area contributed by atoms with Crippen LogP contribution in [0.3, 0.4) is 0 Å². The highest BCUT2D eigenvalue weighted by molar-refractivity contribution is 6.30. The maximum absolute atomic E-state index is 13.4. The topological polar surface area (TPSA) is 65.8 Å². The summed E-state index contributed by atoms with van der Waals surface area (Å²) in [6.07, 6.45) is 3.08. The molecule has 0 aliphatic rings. The Kier molecular flexibility index (Phi) is 3.84. The smallest absolute Gasteiger partial charge is 0.269 e. The molecule has 7 heteroatoms. The molecule has 2 aromatic carbocycles. The van der Waals surface area contributed by atoms with Crippen molar-refractivity contribution in [1.82, 2.24) is 19.3 Å². The van der Waals surface area contributed by atoms with Gasteiger partial charge in [0, 0.05) is 5.02 Å². The highest BCUT2D eigenvalue weighted by Gasteiger charge is 2.19. The fourth-order valence-corrected chi connectivity index (χ4v) is 3.34. The van der Waals surface area contributed by atoms with E-state index in [2.05, 4.69) is 5.10 Å². The summed E-state index contributed by atoms with van der Waals surface area (Å²) in [4.78, 5) is 18.1. The highest BCUT2D eigenvalue weighted by Crippen LogP contribution is 2.24. The van der Waals surface area contributed by atoms with Crippen LogP contribution in [0.2, 0.25) is 5.02 Å². The number of nitrogens with zero attached hydrogens (tertiary/aromatic N) is 4. The summed E-state index contributed by atoms with van der Waals surface area (Å²) >= 11 is 6.15. The summed E-state index contributed by atoms with van der Waals surface area (Å²) in [7, 11) is 0. The minimum atomic E-state index is -0.249. The summed E-state index contributed by atoms with van der Waals surface area (Å²) in [5.74, 6) is 0.849. The van der Waals surface area contributed by atoms with Crippen LogP contribution >= 0.6 is 11.6 Å². The quantitative estimate of drug-likeness (QED) is 0.457. The Hall–Kier alpha value is -3.64. The van der Waals surface area contributed by atoms with Crippen molar-refractivity contribution in [3.63, 3.8) is 0 Å². The lowest BCUT2D eigenvalue weighted by molar-refractivity contribution is 0.574. The van der Waals surface area contributed by atoms with Crippen molar-refractivity contribution >= 4 is 22.6 Å². The molecular formula is C21H13ClN4O2. The molecule has 6 nitrogen and oxygen atoms in total. The molecule has 0 atom stereocenters. The van der Waals surface area contributed by atoms with Crippen molar-refractivity contribution in [2.75, 3.05) is 0 Å². The zero-order chi connectivity index (χ0) is 19.1. The second-order valence-electron chi connectivity index (χ2n) is 6.16. The SMILES string of the molecule is O=c1c2cnn(-c3ccccc3)c2nc(-c2ccco2)n1-c1cccc(Cl)c1. The van der Waals surface area contributed by atoms with Gasteiger partial charge in [-0.1, -0.05) is 35.9 Å². The average molecular weight is 389 g/mol. The Bertz CT molecular complexity index is 1340. The predicted molar refractivity (Wildman–Crippen MR) is 107 cm³/mol. The predicted octanol–water partition coefficient (Wildman–Crippen LogP) is 4.48. The van der Waals surface area contributed by atoms with Gasteiger partial charge in [0.1, 0.15) is 5.39 Å². The molecular weight excluding hydrogens is 376 g/mol. The van der Waals surface area contributed by atoms with Gasteiger partial charge in [0.2, 0.25) is 0 Å². The molecule has 3 heterocycles. The molecule has 0 radical (unpaired) electrons. The van der Waals surface area contributed by atoms with Crippen LogP contribution < -0.4 is 5.56 Å². The van der Waals surface area contributed by atoms with Crippen molar-refractivity contribution in [1.29, 1.82) is 0 Å². The summed E-state index contributed by atoms with van der Waals surface area (Å²) < 4.78 is 8.69. The van der Waals surface area contributed by atoms with Gasteiger partial charge in [-0.15, -0.1) is 0 Å². The third-order valence-corrected chi connectivity index (χ3v) is 4.64. The second kappa shape index (κ2) is 6.51. The van der Waals surface area contributed by atoms with E-state index in [4.69, 9.17) is 21.0 Å². The van der Waals surface area contributed by atoms with Gasteiger partial charge in [-0.2, -0.15) is 5.10 Å². The van der Waals surface area contributed by atoms with Gasteiger partial charge in [-0.05, 0) is 42.5 Å². The molecule has 28 heavy (non-hydrogen) atoms. The van der Waals surface area contributed by atoms with Crippen molar-refractivity contribution in [2.45, 2.75) is 0 Å². The first kappa shape index (κ1) is 16.5. The molecule has 0 bridgehead atoms. The summed E-state index contributed by atoms with van der Waals surface area (Å²) in [6, 6.07) is 20.1. The minimum Gasteiger partial charge on any atom is -0.461 e. The third kappa shape index (κ3) is 2.62. The summed E-state index contributed by atoms with van der Waals surface area (Å²) in [5.41, 5.74) is 1.63. The van der Waals surface area contributed by atoms with Crippen LogP contribution in [0.15, 0.2) is 88.4 Å². The van der Waals surface area contributed by atoms with E-state index >= 15 is 0 Å². The Labute approximate surface area is 164 Å². The fraction of sp³-hybridized carbons (Fsp3) is 0. The molecule has 0 aliphatic carbocycles. The van der Waals surface area contributed by atoms with Crippen LogP contribution in [-0.4, -0.2) is 19.3 Å². The molecule has 5 rings (SSSR count). The van der Waals surface area contributed by atoms with Crippen LogP contribution in [0.5, 0.6) is 0 Å². The number of rotatable bonds is 3. The zero-order valence-corrected chi connectivity index (χ0v) is 15.2. The van der Waals surface area contributed by atoms with E-state index in [-0.39, 0.29) is 5.56 Å². The Morgan fingerprint density at radius 2 is 1.75 bits per heavy atom. The minimum absolute atomic E-state index is 0.249. The molecule has 0 fully saturated rings. The monoisotopic (exact) mass is 388 g/mol. The first-order valence-corrected chi connectivity index (χ1v) is 8.96. The van der Waals surface area contributed by atoms with E-state index in [9.17, 15) is 4.79 Å². The van der Waals surface area contributed by atoms with E-state index in [1.807, 2.05) is 30.3 Å². The zero-order valence-electron chi connectivity index (χ0n) is 14.5. The number of hydrogen-bond donors (Lipinski definition) is 0. The second-order valence-corrected chi connectivity index (χ2v) is 6.60. The molecule has 0 N–H and O–H groups in total. The van der Waals surface area contributed by atoms with Gasteiger partial charge in [0.15, 0.2) is 17.2 Å². The molecule has 136 valence electrons. The summed E-state index contributed by atoms with van der Waals surface area (Å²) in [6.45, 7) is 0. The Morgan fingerprint density at radius 3 is 2.50 bits per heavy atom. The summed E-state index contributed by atoms with van der Waals surface area (Å²) in [5, 5.41) is 5.31. The third-order valence-electron chi connectivity index (χ3n) is 4.41. The Balaban J connectivity index is 1.87. The average Bonchev–Trinajstić information content (AvgIpc) is 3.38. The van der Waals surface area contributed by atoms with Gasteiger partial charge < -0.3 is 4.42 Å². The number of aromatic nitrogens is 4. The first-order valence-electron chi connectivity index (χ1n) is 8.58. The van der Waals surface area contributed by atoms with Crippen LogP contribution in [0.1, 0.15) is 0 Å². The lowest BCUT2D eigenvalue weighted by Gasteiger charge is -2.12. The largest absolute Gasteiger partial charge is 0.461 e. The molecule has 0 saturated carbocycles. The number of benzene rings is 2. The van der Waals surface area contributed by atoms with Crippen molar-refractivity contribution in [3.8, 4) is 23.0 Å². The van der Waals surface area contributed by atoms with Crippen LogP contribution in [0.25, 0.3) is 34.0 Å². The number of para-hydroxylation sites is 1. The molecule has 0 saturated heterocycles. The van der Waals surface area contributed by atoms with E-state index in [0.717, 1.165) is 5.69 Å². The van der Waals surface area contributed by atoms with Crippen molar-refractivity contribution in [2.24, 2.45) is 0 Å². The van der Waals surface area contributed by atoms with E-state index in [0.29, 0.717) is 33.3 Å². The normalized spacial score (nSPS) is 11.2. The van der Waals surface area contributed by atoms with Gasteiger partial charge in [0.05, 0.1) is 23.8 Å². The maximum atomic E-state index is 13.4. The molecule has 3 aromatic heterocycles. The Morgan fingerprint density at radius 1 is 0.929 bits per heavy atom. The van der Waals surface area contributed by atoms with Crippen LogP contribution in [0.4, 0.5) is 0 Å². The number of hydrogen-bond acceptors (Lipinski definition) is 4.